The van der Waals surface area contributed by atoms with Crippen LogP contribution < -0.4 is 5.73 Å². The van der Waals surface area contributed by atoms with Crippen LogP contribution in [-0.4, -0.2) is 20.5 Å². The molecule has 78 valence electrons. The average molecular weight is 195 g/mol. The maximum Gasteiger partial charge on any atom is 0.0884 e. The Bertz CT molecular complexity index is 334. The second-order valence-electron chi connectivity index (χ2n) is 4.75. The van der Waals surface area contributed by atoms with Gasteiger partial charge in [-0.05, 0) is 26.7 Å². The van der Waals surface area contributed by atoms with Crippen LogP contribution in [0.5, 0.6) is 0 Å². The van der Waals surface area contributed by atoms with Crippen LogP contribution in [0.3, 0.4) is 0 Å². The van der Waals surface area contributed by atoms with Crippen molar-refractivity contribution in [2.45, 2.75) is 44.8 Å². The summed E-state index contributed by atoms with van der Waals surface area (Å²) in [5, 5.41) is 14.0. The zero-order valence-corrected chi connectivity index (χ0v) is 8.70. The molecular weight excluding hydrogens is 178 g/mol. The van der Waals surface area contributed by atoms with Crippen LogP contribution >= 0.6 is 0 Å². The van der Waals surface area contributed by atoms with E-state index in [2.05, 4.69) is 5.10 Å². The summed E-state index contributed by atoms with van der Waals surface area (Å²) >= 11 is 0. The van der Waals surface area contributed by atoms with Gasteiger partial charge in [0.05, 0.1) is 23.5 Å². The highest BCUT2D eigenvalue weighted by Crippen LogP contribution is 2.41. The zero-order chi connectivity index (χ0) is 10.3. The molecule has 0 radical (unpaired) electrons. The van der Waals surface area contributed by atoms with Crippen molar-refractivity contribution in [1.82, 2.24) is 9.78 Å². The SMILES string of the molecule is CC(C)(O)Cn1cc(N)c(C2CC2)n1. The molecule has 0 bridgehead atoms. The average Bonchev–Trinajstić information content (AvgIpc) is 2.75. The molecule has 0 aromatic carbocycles. The predicted molar refractivity (Wildman–Crippen MR) is 54.9 cm³/mol. The van der Waals surface area contributed by atoms with Gasteiger partial charge in [0.1, 0.15) is 0 Å². The Morgan fingerprint density at radius 2 is 2.29 bits per heavy atom. The van der Waals surface area contributed by atoms with Gasteiger partial charge in [-0.2, -0.15) is 5.10 Å². The molecule has 1 saturated carbocycles. The quantitative estimate of drug-likeness (QED) is 0.759. The third-order valence-electron chi connectivity index (χ3n) is 2.33. The molecule has 2 rings (SSSR count). The molecule has 1 aliphatic rings. The third kappa shape index (κ3) is 2.07. The number of anilines is 1. The lowest BCUT2D eigenvalue weighted by Crippen LogP contribution is -2.26. The van der Waals surface area contributed by atoms with E-state index in [1.165, 1.54) is 12.8 Å². The van der Waals surface area contributed by atoms with Gasteiger partial charge >= 0.3 is 0 Å². The molecule has 3 N–H and O–H groups in total. The first-order chi connectivity index (χ1) is 6.46. The minimum Gasteiger partial charge on any atom is -0.396 e. The van der Waals surface area contributed by atoms with Crippen molar-refractivity contribution in [1.29, 1.82) is 0 Å². The standard InChI is InChI=1S/C10H17N3O/c1-10(2,14)6-13-5-8(11)9(12-13)7-3-4-7/h5,7,14H,3-4,6,11H2,1-2H3. The highest BCUT2D eigenvalue weighted by molar-refractivity contribution is 5.44. The van der Waals surface area contributed by atoms with E-state index in [-0.39, 0.29) is 0 Å². The van der Waals surface area contributed by atoms with Crippen LogP contribution in [0.4, 0.5) is 5.69 Å². The molecular formula is C10H17N3O. The molecule has 4 heteroatoms. The number of nitrogens with zero attached hydrogens (tertiary/aromatic N) is 2. The Balaban J connectivity index is 2.15. The van der Waals surface area contributed by atoms with E-state index < -0.39 is 5.60 Å². The first-order valence-electron chi connectivity index (χ1n) is 5.01. The first kappa shape index (κ1) is 9.52. The molecule has 0 unspecified atom stereocenters. The van der Waals surface area contributed by atoms with E-state index in [1.807, 2.05) is 6.20 Å². The molecule has 0 atom stereocenters. The van der Waals surface area contributed by atoms with Gasteiger partial charge in [0.15, 0.2) is 0 Å². The zero-order valence-electron chi connectivity index (χ0n) is 8.70. The van der Waals surface area contributed by atoms with Crippen LogP contribution in [0.25, 0.3) is 0 Å². The van der Waals surface area contributed by atoms with Crippen LogP contribution in [-0.2, 0) is 6.54 Å². The van der Waals surface area contributed by atoms with Crippen molar-refractivity contribution in [2.24, 2.45) is 0 Å². The van der Waals surface area contributed by atoms with Gasteiger partial charge in [0.2, 0.25) is 0 Å². The Labute approximate surface area is 83.7 Å². The van der Waals surface area contributed by atoms with E-state index in [0.717, 1.165) is 11.4 Å². The van der Waals surface area contributed by atoms with Gasteiger partial charge in [-0.3, -0.25) is 4.68 Å². The summed E-state index contributed by atoms with van der Waals surface area (Å²) in [5.74, 6) is 0.568. The molecule has 14 heavy (non-hydrogen) atoms. The van der Waals surface area contributed by atoms with E-state index in [4.69, 9.17) is 5.73 Å². The van der Waals surface area contributed by atoms with E-state index >= 15 is 0 Å². The van der Waals surface area contributed by atoms with Gasteiger partial charge in [-0.25, -0.2) is 0 Å². The number of hydrogen-bond donors (Lipinski definition) is 2. The van der Waals surface area contributed by atoms with E-state index in [9.17, 15) is 5.11 Å². The Morgan fingerprint density at radius 1 is 1.64 bits per heavy atom. The monoisotopic (exact) mass is 195 g/mol. The number of rotatable bonds is 3. The van der Waals surface area contributed by atoms with Crippen molar-refractivity contribution in [3.63, 3.8) is 0 Å². The summed E-state index contributed by atoms with van der Waals surface area (Å²) in [6.45, 7) is 4.02. The summed E-state index contributed by atoms with van der Waals surface area (Å²) in [6, 6.07) is 0. The molecule has 1 heterocycles. The number of hydrogen-bond acceptors (Lipinski definition) is 3. The van der Waals surface area contributed by atoms with Gasteiger partial charge in [0, 0.05) is 12.1 Å². The fourth-order valence-electron chi connectivity index (χ4n) is 1.60. The fourth-order valence-corrected chi connectivity index (χ4v) is 1.60. The van der Waals surface area contributed by atoms with Crippen LogP contribution in [0.2, 0.25) is 0 Å². The van der Waals surface area contributed by atoms with Crippen molar-refractivity contribution < 1.29 is 5.11 Å². The molecule has 4 nitrogen and oxygen atoms in total. The lowest BCUT2D eigenvalue weighted by Gasteiger charge is -2.16. The molecule has 1 aromatic rings. The third-order valence-corrected chi connectivity index (χ3v) is 2.33. The summed E-state index contributed by atoms with van der Waals surface area (Å²) in [7, 11) is 0. The summed E-state index contributed by atoms with van der Waals surface area (Å²) < 4.78 is 1.74. The summed E-state index contributed by atoms with van der Waals surface area (Å²) in [4.78, 5) is 0. The fraction of sp³-hybridized carbons (Fsp3) is 0.700. The molecule has 0 aliphatic heterocycles. The summed E-state index contributed by atoms with van der Waals surface area (Å²) in [6.07, 6.45) is 4.21. The van der Waals surface area contributed by atoms with Gasteiger partial charge in [-0.1, -0.05) is 0 Å². The van der Waals surface area contributed by atoms with Crippen LogP contribution in [0, 0.1) is 0 Å². The second-order valence-corrected chi connectivity index (χ2v) is 4.75. The van der Waals surface area contributed by atoms with Crippen molar-refractivity contribution in [3.8, 4) is 0 Å². The highest BCUT2D eigenvalue weighted by Gasteiger charge is 2.29. The number of nitrogen functional groups attached to an aromatic ring is 1. The lowest BCUT2D eigenvalue weighted by atomic mass is 10.1. The van der Waals surface area contributed by atoms with Crippen molar-refractivity contribution in [3.05, 3.63) is 11.9 Å². The minimum absolute atomic E-state index is 0.490. The van der Waals surface area contributed by atoms with Crippen LogP contribution in [0.15, 0.2) is 6.20 Å². The Morgan fingerprint density at radius 3 is 2.79 bits per heavy atom. The number of aliphatic hydroxyl groups is 1. The molecule has 0 amide bonds. The molecule has 1 fully saturated rings. The largest absolute Gasteiger partial charge is 0.396 e. The van der Waals surface area contributed by atoms with Crippen LogP contribution in [0.1, 0.15) is 38.3 Å². The van der Waals surface area contributed by atoms with Crippen molar-refractivity contribution in [2.75, 3.05) is 5.73 Å². The van der Waals surface area contributed by atoms with E-state index in [0.29, 0.717) is 12.5 Å². The van der Waals surface area contributed by atoms with Gasteiger partial charge < -0.3 is 10.8 Å². The number of nitrogens with two attached hydrogens (primary N) is 1. The maximum atomic E-state index is 9.62. The Hall–Kier alpha value is -1.03. The maximum absolute atomic E-state index is 9.62. The first-order valence-corrected chi connectivity index (χ1v) is 5.01. The van der Waals surface area contributed by atoms with Gasteiger partial charge in [0.25, 0.3) is 0 Å². The molecule has 0 saturated heterocycles. The lowest BCUT2D eigenvalue weighted by molar-refractivity contribution is 0.0576. The van der Waals surface area contributed by atoms with Gasteiger partial charge in [-0.15, -0.1) is 0 Å². The molecule has 1 aliphatic carbocycles. The predicted octanol–water partition coefficient (Wildman–Crippen LogP) is 1.11. The second kappa shape index (κ2) is 2.98. The molecule has 0 spiro atoms. The van der Waals surface area contributed by atoms with E-state index in [1.54, 1.807) is 18.5 Å². The number of aromatic nitrogens is 2. The Kier molecular flexibility index (Phi) is 2.03. The highest BCUT2D eigenvalue weighted by atomic mass is 16.3. The normalized spacial score (nSPS) is 17.4. The minimum atomic E-state index is -0.737. The topological polar surface area (TPSA) is 64.1 Å². The van der Waals surface area contributed by atoms with Crippen molar-refractivity contribution >= 4 is 5.69 Å². The molecule has 1 aromatic heterocycles. The summed E-state index contributed by atoms with van der Waals surface area (Å²) in [5.41, 5.74) is 6.87. The smallest absolute Gasteiger partial charge is 0.0884 e.